The SMILES string of the molecule is COc1cc(Nc2ncc(C(F)(F)F)c(Nc3ccc(C)cc3NC(=O)[C@H](O)CO)n2)c(C)cn1. The lowest BCUT2D eigenvalue weighted by atomic mass is 10.1. The fourth-order valence-electron chi connectivity index (χ4n) is 2.91. The number of carbonyl (C=O) groups is 1. The van der Waals surface area contributed by atoms with Gasteiger partial charge in [0, 0.05) is 18.5 Å². The van der Waals surface area contributed by atoms with E-state index in [4.69, 9.17) is 9.84 Å². The van der Waals surface area contributed by atoms with Crippen LogP contribution in [0.1, 0.15) is 16.7 Å². The molecule has 0 fully saturated rings. The molecule has 3 aromatic rings. The van der Waals surface area contributed by atoms with Gasteiger partial charge in [0.2, 0.25) is 11.8 Å². The van der Waals surface area contributed by atoms with Crippen LogP contribution in [0.3, 0.4) is 0 Å². The number of amides is 1. The molecule has 5 N–H and O–H groups in total. The molecule has 1 aromatic carbocycles. The van der Waals surface area contributed by atoms with Gasteiger partial charge in [-0.2, -0.15) is 18.2 Å². The van der Waals surface area contributed by atoms with Crippen LogP contribution in [0.2, 0.25) is 0 Å². The molecule has 13 heteroatoms. The lowest BCUT2D eigenvalue weighted by Gasteiger charge is -2.18. The molecule has 0 unspecified atom stereocenters. The van der Waals surface area contributed by atoms with Crippen molar-refractivity contribution in [3.05, 3.63) is 53.3 Å². The number of ether oxygens (including phenoxy) is 1. The average Bonchev–Trinajstić information content (AvgIpc) is 2.81. The number of pyridine rings is 1. The van der Waals surface area contributed by atoms with Crippen molar-refractivity contribution in [3.8, 4) is 5.88 Å². The number of aliphatic hydroxyl groups excluding tert-OH is 2. The first kappa shape index (κ1) is 25.6. The predicted octanol–water partition coefficient (Wildman–Crippen LogP) is 3.29. The van der Waals surface area contributed by atoms with Crippen molar-refractivity contribution < 1.29 is 32.9 Å². The van der Waals surface area contributed by atoms with Crippen molar-refractivity contribution in [1.29, 1.82) is 0 Å². The summed E-state index contributed by atoms with van der Waals surface area (Å²) in [6.07, 6.45) is -4.33. The number of rotatable bonds is 8. The van der Waals surface area contributed by atoms with Crippen molar-refractivity contribution in [2.24, 2.45) is 0 Å². The molecular weight excluding hydrogens is 469 g/mol. The van der Waals surface area contributed by atoms with Gasteiger partial charge >= 0.3 is 6.18 Å². The molecule has 0 saturated heterocycles. The van der Waals surface area contributed by atoms with Gasteiger partial charge in [0.25, 0.3) is 5.91 Å². The number of benzene rings is 1. The number of carbonyl (C=O) groups excluding carboxylic acids is 1. The zero-order valence-electron chi connectivity index (χ0n) is 18.9. The zero-order valence-corrected chi connectivity index (χ0v) is 18.9. The number of hydrogen-bond donors (Lipinski definition) is 5. The number of nitrogens with one attached hydrogen (secondary N) is 3. The van der Waals surface area contributed by atoms with E-state index in [9.17, 15) is 23.1 Å². The second kappa shape index (κ2) is 10.5. The third-order valence-corrected chi connectivity index (χ3v) is 4.79. The maximum Gasteiger partial charge on any atom is 0.421 e. The number of aryl methyl sites for hydroxylation is 2. The van der Waals surface area contributed by atoms with Crippen molar-refractivity contribution in [3.63, 3.8) is 0 Å². The summed E-state index contributed by atoms with van der Waals surface area (Å²) in [6, 6.07) is 6.10. The minimum absolute atomic E-state index is 0.0750. The van der Waals surface area contributed by atoms with E-state index < -0.39 is 36.2 Å². The van der Waals surface area contributed by atoms with Gasteiger partial charge in [-0.05, 0) is 37.1 Å². The lowest BCUT2D eigenvalue weighted by molar-refractivity contribution is -0.137. The van der Waals surface area contributed by atoms with E-state index in [0.29, 0.717) is 23.0 Å². The van der Waals surface area contributed by atoms with Gasteiger partial charge in [-0.1, -0.05) is 6.07 Å². The van der Waals surface area contributed by atoms with Gasteiger partial charge in [-0.15, -0.1) is 0 Å². The Balaban J connectivity index is 2.00. The van der Waals surface area contributed by atoms with Crippen LogP contribution in [0, 0.1) is 13.8 Å². The van der Waals surface area contributed by atoms with Gasteiger partial charge in [-0.3, -0.25) is 4.79 Å². The van der Waals surface area contributed by atoms with E-state index >= 15 is 0 Å². The summed E-state index contributed by atoms with van der Waals surface area (Å²) >= 11 is 0. The van der Waals surface area contributed by atoms with Gasteiger partial charge in [0.1, 0.15) is 11.4 Å². The van der Waals surface area contributed by atoms with Crippen LogP contribution >= 0.6 is 0 Å². The molecule has 0 aliphatic carbocycles. The first-order valence-corrected chi connectivity index (χ1v) is 10.2. The Morgan fingerprint density at radius 2 is 1.83 bits per heavy atom. The first-order valence-electron chi connectivity index (χ1n) is 10.2. The molecule has 35 heavy (non-hydrogen) atoms. The standard InChI is InChI=1S/C22H23F3N6O4/c1-11-4-5-14(16(6-11)29-20(34)17(33)10-32)28-19-13(22(23,24)25)9-27-21(31-19)30-15-7-18(35-3)26-8-12(15)2/h4-9,17,32-33H,10H2,1-3H3,(H,29,34)(H2,26,27,28,30,31)/t17-/m1/s1. The predicted molar refractivity (Wildman–Crippen MR) is 122 cm³/mol. The Morgan fingerprint density at radius 3 is 2.49 bits per heavy atom. The Hall–Kier alpha value is -3.97. The van der Waals surface area contributed by atoms with Crippen molar-refractivity contribution in [2.45, 2.75) is 26.1 Å². The number of aliphatic hydroxyl groups is 2. The molecule has 2 aromatic heterocycles. The molecule has 10 nitrogen and oxygen atoms in total. The molecule has 0 aliphatic heterocycles. The number of methoxy groups -OCH3 is 1. The normalized spacial score (nSPS) is 12.1. The Bertz CT molecular complexity index is 1220. The molecule has 0 aliphatic rings. The van der Waals surface area contributed by atoms with Crippen molar-refractivity contribution >= 4 is 34.7 Å². The van der Waals surface area contributed by atoms with Gasteiger partial charge in [0.15, 0.2) is 6.10 Å². The fourth-order valence-corrected chi connectivity index (χ4v) is 2.91. The highest BCUT2D eigenvalue weighted by atomic mass is 19.4. The smallest absolute Gasteiger partial charge is 0.421 e. The molecule has 186 valence electrons. The summed E-state index contributed by atoms with van der Waals surface area (Å²) in [5.41, 5.74) is 0.857. The Labute approximate surface area is 198 Å². The summed E-state index contributed by atoms with van der Waals surface area (Å²) in [7, 11) is 1.43. The van der Waals surface area contributed by atoms with Crippen LogP contribution in [0.15, 0.2) is 36.7 Å². The largest absolute Gasteiger partial charge is 0.481 e. The first-order chi connectivity index (χ1) is 16.5. The second-order valence-corrected chi connectivity index (χ2v) is 7.48. The molecule has 1 atom stereocenters. The monoisotopic (exact) mass is 492 g/mol. The fraction of sp³-hybridized carbons (Fsp3) is 0.273. The maximum atomic E-state index is 13.7. The van der Waals surface area contributed by atoms with Crippen molar-refractivity contribution in [2.75, 3.05) is 29.7 Å². The van der Waals surface area contributed by atoms with E-state index in [2.05, 4.69) is 30.9 Å². The van der Waals surface area contributed by atoms with Crippen LogP contribution in [0.25, 0.3) is 0 Å². The van der Waals surface area contributed by atoms with Gasteiger partial charge < -0.3 is 30.9 Å². The number of hydrogen-bond acceptors (Lipinski definition) is 9. The van der Waals surface area contributed by atoms with Crippen LogP contribution in [-0.2, 0) is 11.0 Å². The van der Waals surface area contributed by atoms with Gasteiger partial charge in [-0.25, -0.2) is 9.97 Å². The molecular formula is C22H23F3N6O4. The van der Waals surface area contributed by atoms with E-state index in [-0.39, 0.29) is 23.2 Å². The number of anilines is 5. The van der Waals surface area contributed by atoms with E-state index in [1.165, 1.54) is 25.4 Å². The molecule has 0 saturated carbocycles. The van der Waals surface area contributed by atoms with Crippen LogP contribution < -0.4 is 20.7 Å². The number of aromatic nitrogens is 3. The Morgan fingerprint density at radius 1 is 1.09 bits per heavy atom. The van der Waals surface area contributed by atoms with E-state index in [0.717, 1.165) is 0 Å². The molecule has 3 rings (SSSR count). The van der Waals surface area contributed by atoms with E-state index in [1.54, 1.807) is 26.0 Å². The number of alkyl halides is 3. The highest BCUT2D eigenvalue weighted by molar-refractivity contribution is 5.97. The minimum Gasteiger partial charge on any atom is -0.481 e. The summed E-state index contributed by atoms with van der Waals surface area (Å²) in [5.74, 6) is -1.35. The van der Waals surface area contributed by atoms with Crippen molar-refractivity contribution in [1.82, 2.24) is 15.0 Å². The summed E-state index contributed by atoms with van der Waals surface area (Å²) in [6.45, 7) is 2.62. The second-order valence-electron chi connectivity index (χ2n) is 7.48. The summed E-state index contributed by atoms with van der Waals surface area (Å²) in [5, 5.41) is 26.4. The van der Waals surface area contributed by atoms with Gasteiger partial charge in [0.05, 0.1) is 30.8 Å². The molecule has 2 heterocycles. The van der Waals surface area contributed by atoms with E-state index in [1.807, 2.05) is 0 Å². The minimum atomic E-state index is -4.78. The number of halogens is 3. The molecule has 0 bridgehead atoms. The molecule has 0 radical (unpaired) electrons. The highest BCUT2D eigenvalue weighted by Gasteiger charge is 2.35. The van der Waals surface area contributed by atoms with Crippen LogP contribution in [0.5, 0.6) is 5.88 Å². The third kappa shape index (κ3) is 6.33. The summed E-state index contributed by atoms with van der Waals surface area (Å²) in [4.78, 5) is 23.9. The molecule has 0 spiro atoms. The zero-order chi connectivity index (χ0) is 25.8. The summed E-state index contributed by atoms with van der Waals surface area (Å²) < 4.78 is 46.2. The van der Waals surface area contributed by atoms with Crippen LogP contribution in [0.4, 0.5) is 42.0 Å². The van der Waals surface area contributed by atoms with Crippen LogP contribution in [-0.4, -0.2) is 50.9 Å². The topological polar surface area (TPSA) is 142 Å². The number of nitrogens with zero attached hydrogens (tertiary/aromatic N) is 3. The average molecular weight is 492 g/mol. The maximum absolute atomic E-state index is 13.7. The lowest BCUT2D eigenvalue weighted by Crippen LogP contribution is -2.30. The third-order valence-electron chi connectivity index (χ3n) is 4.79. The quantitative estimate of drug-likeness (QED) is 0.320. The highest BCUT2D eigenvalue weighted by Crippen LogP contribution is 2.37. The Kier molecular flexibility index (Phi) is 7.71. The molecule has 1 amide bonds.